The second-order valence-corrected chi connectivity index (χ2v) is 5.69. The first-order valence-electron chi connectivity index (χ1n) is 6.53. The van der Waals surface area contributed by atoms with E-state index in [2.05, 4.69) is 36.5 Å². The normalized spacial score (nSPS) is 13.0. The Morgan fingerprint density at radius 3 is 2.90 bits per heavy atom. The Labute approximate surface area is 130 Å². The van der Waals surface area contributed by atoms with Crippen LogP contribution in [0.2, 0.25) is 0 Å². The molecule has 3 aromatic heterocycles. The number of hydrogen-bond acceptors (Lipinski definition) is 5. The van der Waals surface area contributed by atoms with Crippen molar-refractivity contribution in [3.8, 4) is 0 Å². The molecule has 0 aromatic carbocycles. The lowest BCUT2D eigenvalue weighted by molar-refractivity contribution is 0.532. The van der Waals surface area contributed by atoms with Crippen LogP contribution >= 0.6 is 15.9 Å². The molecule has 1 atom stereocenters. The fourth-order valence-electron chi connectivity index (χ4n) is 2.48. The topological polar surface area (TPSA) is 86.1 Å². The number of nitrogens with zero attached hydrogens (tertiary/aromatic N) is 5. The molecule has 0 spiro atoms. The standard InChI is InChI=1S/C13H16BrN7/c1-8-13(14)11(20(2)19-8)5-10(18-15)9-6-17-21-4-3-16-7-12(9)21/h3-4,6-7,10,18H,5,15H2,1-2H3. The van der Waals surface area contributed by atoms with Crippen LogP contribution < -0.4 is 11.3 Å². The molecule has 8 heteroatoms. The van der Waals surface area contributed by atoms with E-state index < -0.39 is 0 Å². The van der Waals surface area contributed by atoms with Crippen molar-refractivity contribution >= 4 is 21.4 Å². The van der Waals surface area contributed by atoms with Gasteiger partial charge in [0.15, 0.2) is 0 Å². The Morgan fingerprint density at radius 1 is 1.43 bits per heavy atom. The Balaban J connectivity index is 1.99. The first-order chi connectivity index (χ1) is 10.1. The molecule has 3 rings (SSSR count). The van der Waals surface area contributed by atoms with E-state index in [1.807, 2.05) is 31.0 Å². The zero-order valence-electron chi connectivity index (χ0n) is 11.8. The first-order valence-corrected chi connectivity index (χ1v) is 7.32. The molecule has 0 aliphatic heterocycles. The summed E-state index contributed by atoms with van der Waals surface area (Å²) >= 11 is 3.59. The van der Waals surface area contributed by atoms with Crippen LogP contribution in [0.5, 0.6) is 0 Å². The second-order valence-electron chi connectivity index (χ2n) is 4.90. The molecule has 0 aliphatic carbocycles. The molecule has 1 unspecified atom stereocenters. The molecule has 0 amide bonds. The molecular weight excluding hydrogens is 334 g/mol. The van der Waals surface area contributed by atoms with Gasteiger partial charge in [-0.25, -0.2) is 4.52 Å². The maximum absolute atomic E-state index is 5.76. The van der Waals surface area contributed by atoms with Crippen molar-refractivity contribution in [2.75, 3.05) is 0 Å². The number of aromatic nitrogens is 5. The summed E-state index contributed by atoms with van der Waals surface area (Å²) in [5.41, 5.74) is 6.86. The van der Waals surface area contributed by atoms with Gasteiger partial charge in [-0.1, -0.05) is 0 Å². The van der Waals surface area contributed by atoms with Gasteiger partial charge in [0.05, 0.1) is 39.8 Å². The SMILES string of the molecule is Cc1nn(C)c(CC(NN)c2cnn3ccncc23)c1Br. The molecular formula is C13H16BrN7. The Hall–Kier alpha value is -1.77. The lowest BCUT2D eigenvalue weighted by atomic mass is 10.0. The van der Waals surface area contributed by atoms with E-state index in [1.165, 1.54) is 0 Å². The first kappa shape index (κ1) is 14.2. The van der Waals surface area contributed by atoms with Crippen LogP contribution in [-0.4, -0.2) is 24.4 Å². The van der Waals surface area contributed by atoms with Crippen molar-refractivity contribution in [3.63, 3.8) is 0 Å². The summed E-state index contributed by atoms with van der Waals surface area (Å²) < 4.78 is 4.67. The summed E-state index contributed by atoms with van der Waals surface area (Å²) in [6, 6.07) is -0.0715. The molecule has 0 saturated heterocycles. The maximum Gasteiger partial charge on any atom is 0.0893 e. The number of rotatable bonds is 4. The summed E-state index contributed by atoms with van der Waals surface area (Å²) in [6.07, 6.45) is 7.83. The van der Waals surface area contributed by atoms with Crippen LogP contribution in [0.15, 0.2) is 29.3 Å². The highest BCUT2D eigenvalue weighted by molar-refractivity contribution is 9.10. The number of aryl methyl sites for hydroxylation is 2. The highest BCUT2D eigenvalue weighted by Crippen LogP contribution is 2.27. The summed E-state index contributed by atoms with van der Waals surface area (Å²) in [4.78, 5) is 4.15. The van der Waals surface area contributed by atoms with Crippen molar-refractivity contribution in [2.24, 2.45) is 12.9 Å². The minimum absolute atomic E-state index is 0.0715. The molecule has 3 N–H and O–H groups in total. The van der Waals surface area contributed by atoms with Gasteiger partial charge in [0, 0.05) is 31.4 Å². The van der Waals surface area contributed by atoms with E-state index in [4.69, 9.17) is 5.84 Å². The molecule has 0 aliphatic rings. The number of hydrogen-bond donors (Lipinski definition) is 2. The summed E-state index contributed by atoms with van der Waals surface area (Å²) in [5.74, 6) is 5.76. The predicted octanol–water partition coefficient (Wildman–Crippen LogP) is 1.28. The van der Waals surface area contributed by atoms with Gasteiger partial charge in [-0.15, -0.1) is 0 Å². The van der Waals surface area contributed by atoms with Crippen LogP contribution in [0.4, 0.5) is 0 Å². The fourth-order valence-corrected chi connectivity index (χ4v) is 2.97. The molecule has 0 bridgehead atoms. The summed E-state index contributed by atoms with van der Waals surface area (Å²) in [5, 5.41) is 8.74. The molecule has 110 valence electrons. The Morgan fingerprint density at radius 2 is 2.24 bits per heavy atom. The van der Waals surface area contributed by atoms with Crippen molar-refractivity contribution in [2.45, 2.75) is 19.4 Å². The summed E-state index contributed by atoms with van der Waals surface area (Å²) in [7, 11) is 1.93. The number of fused-ring (bicyclic) bond motifs is 1. The molecule has 3 aromatic rings. The second kappa shape index (κ2) is 5.55. The van der Waals surface area contributed by atoms with Gasteiger partial charge in [0.25, 0.3) is 0 Å². The Bertz CT molecular complexity index is 776. The molecule has 0 fully saturated rings. The molecule has 0 saturated carbocycles. The van der Waals surface area contributed by atoms with E-state index in [0.29, 0.717) is 6.42 Å². The van der Waals surface area contributed by atoms with Gasteiger partial charge in [0.1, 0.15) is 0 Å². The van der Waals surface area contributed by atoms with E-state index in [-0.39, 0.29) is 6.04 Å². The minimum Gasteiger partial charge on any atom is -0.271 e. The third-order valence-corrected chi connectivity index (χ3v) is 4.62. The van der Waals surface area contributed by atoms with E-state index in [0.717, 1.165) is 26.9 Å². The fraction of sp³-hybridized carbons (Fsp3) is 0.308. The quantitative estimate of drug-likeness (QED) is 0.547. The van der Waals surface area contributed by atoms with Gasteiger partial charge in [-0.2, -0.15) is 10.2 Å². The Kier molecular flexibility index (Phi) is 3.75. The van der Waals surface area contributed by atoms with Crippen molar-refractivity contribution in [3.05, 3.63) is 46.2 Å². The largest absolute Gasteiger partial charge is 0.271 e. The number of nitrogens with two attached hydrogens (primary N) is 1. The van der Waals surface area contributed by atoms with Crippen molar-refractivity contribution in [1.29, 1.82) is 0 Å². The third kappa shape index (κ3) is 2.45. The van der Waals surface area contributed by atoms with E-state index >= 15 is 0 Å². The van der Waals surface area contributed by atoms with Crippen LogP contribution in [0, 0.1) is 6.92 Å². The van der Waals surface area contributed by atoms with Gasteiger partial charge in [-0.3, -0.25) is 20.9 Å². The van der Waals surface area contributed by atoms with Gasteiger partial charge >= 0.3 is 0 Å². The number of nitrogens with one attached hydrogen (secondary N) is 1. The zero-order valence-corrected chi connectivity index (χ0v) is 13.4. The molecule has 3 heterocycles. The molecule has 21 heavy (non-hydrogen) atoms. The highest BCUT2D eigenvalue weighted by atomic mass is 79.9. The third-order valence-electron chi connectivity index (χ3n) is 3.59. The number of halogens is 1. The summed E-state index contributed by atoms with van der Waals surface area (Å²) in [6.45, 7) is 1.97. The average Bonchev–Trinajstić information content (AvgIpc) is 3.00. The average molecular weight is 350 g/mol. The number of hydrazine groups is 1. The highest BCUT2D eigenvalue weighted by Gasteiger charge is 2.20. The van der Waals surface area contributed by atoms with Crippen LogP contribution in [0.1, 0.15) is 23.0 Å². The van der Waals surface area contributed by atoms with Crippen LogP contribution in [0.3, 0.4) is 0 Å². The van der Waals surface area contributed by atoms with Gasteiger partial charge < -0.3 is 0 Å². The monoisotopic (exact) mass is 349 g/mol. The predicted molar refractivity (Wildman–Crippen MR) is 82.4 cm³/mol. The minimum atomic E-state index is -0.0715. The van der Waals surface area contributed by atoms with Gasteiger partial charge in [0.2, 0.25) is 0 Å². The van der Waals surface area contributed by atoms with Crippen molar-refractivity contribution in [1.82, 2.24) is 29.8 Å². The smallest absolute Gasteiger partial charge is 0.0893 e. The van der Waals surface area contributed by atoms with Crippen LogP contribution in [-0.2, 0) is 13.5 Å². The van der Waals surface area contributed by atoms with Gasteiger partial charge in [-0.05, 0) is 22.9 Å². The van der Waals surface area contributed by atoms with E-state index in [9.17, 15) is 0 Å². The molecule has 7 nitrogen and oxygen atoms in total. The maximum atomic E-state index is 5.76. The van der Waals surface area contributed by atoms with E-state index in [1.54, 1.807) is 16.9 Å². The molecule has 0 radical (unpaired) electrons. The lowest BCUT2D eigenvalue weighted by Crippen LogP contribution is -2.30. The lowest BCUT2D eigenvalue weighted by Gasteiger charge is -2.15. The van der Waals surface area contributed by atoms with Crippen molar-refractivity contribution < 1.29 is 0 Å². The van der Waals surface area contributed by atoms with Crippen LogP contribution in [0.25, 0.3) is 5.52 Å². The zero-order chi connectivity index (χ0) is 15.0.